The maximum Gasteiger partial charge on any atom is 0.319 e. The Hall–Kier alpha value is -2.36. The van der Waals surface area contributed by atoms with Crippen molar-refractivity contribution in [2.45, 2.75) is 37.5 Å². The van der Waals surface area contributed by atoms with Crippen LogP contribution in [0.1, 0.15) is 19.3 Å². The minimum Gasteiger partial charge on any atom is -0.497 e. The largest absolute Gasteiger partial charge is 0.497 e. The number of amides is 3. The van der Waals surface area contributed by atoms with Crippen molar-refractivity contribution in [1.29, 1.82) is 0 Å². The number of ether oxygens (including phenoxy) is 2. The second-order valence-electron chi connectivity index (χ2n) is 7.88. The summed E-state index contributed by atoms with van der Waals surface area (Å²) in [5, 5.41) is 15.4. The first-order chi connectivity index (χ1) is 14.5. The summed E-state index contributed by atoms with van der Waals surface area (Å²) in [5.41, 5.74) is 0.611. The van der Waals surface area contributed by atoms with Crippen LogP contribution in [0, 0.1) is 0 Å². The third-order valence-corrected chi connectivity index (χ3v) is 5.70. The van der Waals surface area contributed by atoms with E-state index in [4.69, 9.17) is 9.47 Å². The summed E-state index contributed by atoms with van der Waals surface area (Å²) in [7, 11) is 3.62. The molecule has 3 atom stereocenters. The first-order valence-electron chi connectivity index (χ1n) is 10.4. The van der Waals surface area contributed by atoms with Crippen LogP contribution in [-0.2, 0) is 9.53 Å². The van der Waals surface area contributed by atoms with E-state index < -0.39 is 6.10 Å². The van der Waals surface area contributed by atoms with Crippen LogP contribution in [-0.4, -0.2) is 92.0 Å². The highest BCUT2D eigenvalue weighted by atomic mass is 16.5. The zero-order chi connectivity index (χ0) is 21.5. The van der Waals surface area contributed by atoms with Crippen LogP contribution in [0.25, 0.3) is 0 Å². The standard InChI is InChI=1S/C21H32N4O5/c1-24-8-10-25(11-9-24)20(27)13-17-6-7-18(19(14-26)30-17)23-21(28)22-15-4-3-5-16(12-15)29-2/h3-5,12,17-19,26H,6-11,13-14H2,1-2H3,(H2,22,23,28)/t17-,18-,19+/m1/s1. The van der Waals surface area contributed by atoms with Crippen molar-refractivity contribution in [2.75, 3.05) is 52.3 Å². The van der Waals surface area contributed by atoms with E-state index in [2.05, 4.69) is 22.6 Å². The van der Waals surface area contributed by atoms with E-state index in [1.54, 1.807) is 31.4 Å². The van der Waals surface area contributed by atoms with Crippen LogP contribution >= 0.6 is 0 Å². The number of likely N-dealkylation sites (N-methyl/N-ethyl adjacent to an activating group) is 1. The Bertz CT molecular complexity index is 723. The molecule has 2 saturated heterocycles. The number of piperazine rings is 1. The molecule has 0 spiro atoms. The molecule has 0 saturated carbocycles. The Morgan fingerprint density at radius 2 is 2.00 bits per heavy atom. The number of aliphatic hydroxyl groups is 1. The molecule has 2 fully saturated rings. The van der Waals surface area contributed by atoms with Crippen molar-refractivity contribution in [2.24, 2.45) is 0 Å². The van der Waals surface area contributed by atoms with Crippen molar-refractivity contribution in [3.63, 3.8) is 0 Å². The number of hydrogen-bond acceptors (Lipinski definition) is 6. The number of urea groups is 1. The first-order valence-corrected chi connectivity index (χ1v) is 10.4. The molecule has 0 radical (unpaired) electrons. The van der Waals surface area contributed by atoms with Gasteiger partial charge >= 0.3 is 6.03 Å². The van der Waals surface area contributed by atoms with Gasteiger partial charge in [-0.05, 0) is 32.0 Å². The van der Waals surface area contributed by atoms with E-state index in [1.807, 2.05) is 4.90 Å². The van der Waals surface area contributed by atoms with Gasteiger partial charge in [-0.25, -0.2) is 4.79 Å². The second-order valence-corrected chi connectivity index (χ2v) is 7.88. The number of carbonyl (C=O) groups is 2. The Morgan fingerprint density at radius 1 is 1.23 bits per heavy atom. The van der Waals surface area contributed by atoms with E-state index in [-0.39, 0.29) is 30.7 Å². The number of hydrogen-bond donors (Lipinski definition) is 3. The van der Waals surface area contributed by atoms with Crippen LogP contribution < -0.4 is 15.4 Å². The summed E-state index contributed by atoms with van der Waals surface area (Å²) < 4.78 is 11.1. The summed E-state index contributed by atoms with van der Waals surface area (Å²) in [5.74, 6) is 0.738. The number of methoxy groups -OCH3 is 1. The number of rotatable bonds is 6. The van der Waals surface area contributed by atoms with Crippen molar-refractivity contribution < 1.29 is 24.2 Å². The molecular formula is C21H32N4O5. The number of nitrogens with one attached hydrogen (secondary N) is 2. The summed E-state index contributed by atoms with van der Waals surface area (Å²) in [6.45, 7) is 3.01. The summed E-state index contributed by atoms with van der Waals surface area (Å²) in [6, 6.07) is 6.38. The molecule has 0 aliphatic carbocycles. The number of aliphatic hydroxyl groups excluding tert-OH is 1. The average molecular weight is 421 g/mol. The number of benzene rings is 1. The molecule has 9 nitrogen and oxygen atoms in total. The van der Waals surface area contributed by atoms with Gasteiger partial charge in [-0.1, -0.05) is 6.07 Å². The van der Waals surface area contributed by atoms with E-state index in [0.29, 0.717) is 30.7 Å². The first kappa shape index (κ1) is 22.3. The fourth-order valence-corrected chi connectivity index (χ4v) is 3.86. The lowest BCUT2D eigenvalue weighted by Gasteiger charge is -2.37. The zero-order valence-electron chi connectivity index (χ0n) is 17.7. The van der Waals surface area contributed by atoms with Crippen LogP contribution in [0.3, 0.4) is 0 Å². The third kappa shape index (κ3) is 6.07. The number of carbonyl (C=O) groups excluding carboxylic acids is 2. The maximum atomic E-state index is 12.6. The van der Waals surface area contributed by atoms with Gasteiger partial charge in [0.15, 0.2) is 0 Å². The molecule has 30 heavy (non-hydrogen) atoms. The van der Waals surface area contributed by atoms with E-state index >= 15 is 0 Å². The lowest BCUT2D eigenvalue weighted by atomic mass is 9.97. The Morgan fingerprint density at radius 3 is 2.70 bits per heavy atom. The van der Waals surface area contributed by atoms with Crippen LogP contribution in [0.2, 0.25) is 0 Å². The highest BCUT2D eigenvalue weighted by molar-refractivity contribution is 5.89. The normalized spacial score (nSPS) is 24.9. The topological polar surface area (TPSA) is 103 Å². The molecule has 0 bridgehead atoms. The predicted octanol–water partition coefficient (Wildman–Crippen LogP) is 0.889. The van der Waals surface area contributed by atoms with Gasteiger partial charge in [-0.3, -0.25) is 4.79 Å². The quantitative estimate of drug-likeness (QED) is 0.632. The van der Waals surface area contributed by atoms with Gasteiger partial charge in [0.1, 0.15) is 11.9 Å². The highest BCUT2D eigenvalue weighted by Gasteiger charge is 2.34. The molecule has 2 aliphatic heterocycles. The van der Waals surface area contributed by atoms with Crippen molar-refractivity contribution in [3.05, 3.63) is 24.3 Å². The van der Waals surface area contributed by atoms with Gasteiger partial charge < -0.3 is 35.0 Å². The highest BCUT2D eigenvalue weighted by Crippen LogP contribution is 2.23. The van der Waals surface area contributed by atoms with Crippen LogP contribution in [0.15, 0.2) is 24.3 Å². The second kappa shape index (κ2) is 10.6. The van der Waals surface area contributed by atoms with Gasteiger partial charge in [0.25, 0.3) is 0 Å². The molecule has 2 aliphatic rings. The lowest BCUT2D eigenvalue weighted by Crippen LogP contribution is -2.53. The fraction of sp³-hybridized carbons (Fsp3) is 0.619. The molecule has 2 heterocycles. The van der Waals surface area contributed by atoms with Crippen molar-refractivity contribution in [3.8, 4) is 5.75 Å². The van der Waals surface area contributed by atoms with E-state index in [0.717, 1.165) is 26.2 Å². The molecule has 1 aromatic carbocycles. The van der Waals surface area contributed by atoms with Gasteiger partial charge in [-0.15, -0.1) is 0 Å². The molecule has 166 valence electrons. The fourth-order valence-electron chi connectivity index (χ4n) is 3.86. The third-order valence-electron chi connectivity index (χ3n) is 5.70. The molecule has 1 aromatic rings. The van der Waals surface area contributed by atoms with Crippen LogP contribution in [0.4, 0.5) is 10.5 Å². The number of nitrogens with zero attached hydrogens (tertiary/aromatic N) is 2. The lowest BCUT2D eigenvalue weighted by molar-refractivity contribution is -0.141. The maximum absolute atomic E-state index is 12.6. The van der Waals surface area contributed by atoms with Gasteiger partial charge in [-0.2, -0.15) is 0 Å². The van der Waals surface area contributed by atoms with Crippen molar-refractivity contribution >= 4 is 17.6 Å². The molecular weight excluding hydrogens is 388 g/mol. The summed E-state index contributed by atoms with van der Waals surface area (Å²) in [4.78, 5) is 29.0. The molecule has 0 unspecified atom stereocenters. The zero-order valence-corrected chi connectivity index (χ0v) is 17.7. The molecule has 0 aromatic heterocycles. The van der Waals surface area contributed by atoms with Gasteiger partial charge in [0.05, 0.1) is 32.3 Å². The SMILES string of the molecule is COc1cccc(NC(=O)N[C@@H]2CC[C@H](CC(=O)N3CCN(C)CC3)O[C@H]2CO)c1. The van der Waals surface area contributed by atoms with Gasteiger partial charge in [0, 0.05) is 37.9 Å². The average Bonchev–Trinajstić information content (AvgIpc) is 2.75. The molecule has 9 heteroatoms. The monoisotopic (exact) mass is 420 g/mol. The molecule has 3 N–H and O–H groups in total. The summed E-state index contributed by atoms with van der Waals surface area (Å²) in [6.07, 6.45) is 0.814. The van der Waals surface area contributed by atoms with Gasteiger partial charge in [0.2, 0.25) is 5.91 Å². The minimum absolute atomic E-state index is 0.0898. The van der Waals surface area contributed by atoms with Crippen molar-refractivity contribution in [1.82, 2.24) is 15.1 Å². The minimum atomic E-state index is -0.542. The van der Waals surface area contributed by atoms with E-state index in [1.165, 1.54) is 0 Å². The Labute approximate surface area is 177 Å². The smallest absolute Gasteiger partial charge is 0.319 e. The Kier molecular flexibility index (Phi) is 7.89. The van der Waals surface area contributed by atoms with Crippen LogP contribution in [0.5, 0.6) is 5.75 Å². The molecule has 3 amide bonds. The van der Waals surface area contributed by atoms with E-state index in [9.17, 15) is 14.7 Å². The predicted molar refractivity (Wildman–Crippen MR) is 113 cm³/mol. The molecule has 3 rings (SSSR count). The Balaban J connectivity index is 1.47. The number of anilines is 1. The summed E-state index contributed by atoms with van der Waals surface area (Å²) >= 11 is 0.